The molecule has 1 aromatic heterocycles. The van der Waals surface area contributed by atoms with Crippen LogP contribution in [0.4, 0.5) is 0 Å². The van der Waals surface area contributed by atoms with Crippen molar-refractivity contribution >= 4 is 0 Å². The molecule has 1 fully saturated rings. The molecule has 0 bridgehead atoms. The van der Waals surface area contributed by atoms with Crippen LogP contribution >= 0.6 is 0 Å². The second-order valence-corrected chi connectivity index (χ2v) is 6.93. The van der Waals surface area contributed by atoms with Gasteiger partial charge >= 0.3 is 0 Å². The average molecular weight is 310 g/mol. The number of rotatable bonds is 3. The summed E-state index contributed by atoms with van der Waals surface area (Å²) in [6.07, 6.45) is 7.72. The molecule has 122 valence electrons. The Morgan fingerprint density at radius 2 is 1.87 bits per heavy atom. The SMILES string of the molecule is Cn1ccnc1CN1CCN(C2CCc3ccccc3C2)CC1. The maximum atomic E-state index is 4.45. The van der Waals surface area contributed by atoms with Crippen LogP contribution in [0.5, 0.6) is 0 Å². The summed E-state index contributed by atoms with van der Waals surface area (Å²) in [6, 6.07) is 9.72. The summed E-state index contributed by atoms with van der Waals surface area (Å²) in [5.74, 6) is 1.17. The van der Waals surface area contributed by atoms with Crippen molar-refractivity contribution in [3.8, 4) is 0 Å². The molecule has 2 aromatic rings. The predicted octanol–water partition coefficient (Wildman–Crippen LogP) is 2.10. The lowest BCUT2D eigenvalue weighted by Crippen LogP contribution is -2.51. The zero-order chi connectivity index (χ0) is 15.6. The summed E-state index contributed by atoms with van der Waals surface area (Å²) >= 11 is 0. The molecule has 0 N–H and O–H groups in total. The minimum absolute atomic E-state index is 0.736. The number of hydrogen-bond acceptors (Lipinski definition) is 3. The molecule has 23 heavy (non-hydrogen) atoms. The number of nitrogens with zero attached hydrogens (tertiary/aromatic N) is 4. The standard InChI is InChI=1S/C19H26N4/c1-21-9-8-20-19(21)15-22-10-12-23(13-11-22)18-7-6-16-4-2-3-5-17(16)14-18/h2-5,8-9,18H,6-7,10-15H2,1H3. The fourth-order valence-corrected chi connectivity index (χ4v) is 4.03. The van der Waals surface area contributed by atoms with Gasteiger partial charge in [0, 0.05) is 51.7 Å². The molecule has 2 heterocycles. The van der Waals surface area contributed by atoms with Crippen molar-refractivity contribution in [3.05, 3.63) is 53.6 Å². The van der Waals surface area contributed by atoms with Gasteiger partial charge in [0.2, 0.25) is 0 Å². The molecule has 1 aliphatic heterocycles. The molecule has 0 amide bonds. The minimum atomic E-state index is 0.736. The van der Waals surface area contributed by atoms with E-state index in [4.69, 9.17) is 0 Å². The maximum Gasteiger partial charge on any atom is 0.122 e. The molecule has 1 saturated heterocycles. The first kappa shape index (κ1) is 14.9. The Kier molecular flexibility index (Phi) is 4.19. The number of aryl methyl sites for hydroxylation is 2. The first-order valence-corrected chi connectivity index (χ1v) is 8.79. The quantitative estimate of drug-likeness (QED) is 0.868. The van der Waals surface area contributed by atoms with E-state index in [0.29, 0.717) is 0 Å². The van der Waals surface area contributed by atoms with Crippen molar-refractivity contribution < 1.29 is 0 Å². The lowest BCUT2D eigenvalue weighted by molar-refractivity contribution is 0.0838. The van der Waals surface area contributed by atoms with Gasteiger partial charge in [-0.05, 0) is 30.4 Å². The van der Waals surface area contributed by atoms with Gasteiger partial charge in [-0.2, -0.15) is 0 Å². The van der Waals surface area contributed by atoms with Gasteiger partial charge < -0.3 is 4.57 Å². The van der Waals surface area contributed by atoms with Crippen molar-refractivity contribution in [3.63, 3.8) is 0 Å². The van der Waals surface area contributed by atoms with Crippen molar-refractivity contribution in [2.45, 2.75) is 31.8 Å². The van der Waals surface area contributed by atoms with Crippen LogP contribution in [-0.4, -0.2) is 51.6 Å². The maximum absolute atomic E-state index is 4.45. The summed E-state index contributed by atoms with van der Waals surface area (Å²) in [6.45, 7) is 5.68. The van der Waals surface area contributed by atoms with Crippen LogP contribution < -0.4 is 0 Å². The van der Waals surface area contributed by atoms with Crippen LogP contribution in [0, 0.1) is 0 Å². The Balaban J connectivity index is 1.33. The molecule has 1 unspecified atom stereocenters. The molecule has 1 aliphatic carbocycles. The Bertz CT molecular complexity index is 655. The van der Waals surface area contributed by atoms with Crippen LogP contribution in [0.1, 0.15) is 23.4 Å². The van der Waals surface area contributed by atoms with Gasteiger partial charge in [-0.3, -0.25) is 9.80 Å². The summed E-state index contributed by atoms with van der Waals surface area (Å²) in [4.78, 5) is 9.70. The molecule has 1 atom stereocenters. The average Bonchev–Trinajstić information content (AvgIpc) is 3.00. The van der Waals surface area contributed by atoms with E-state index in [2.05, 4.69) is 50.7 Å². The molecule has 0 saturated carbocycles. The first-order valence-electron chi connectivity index (χ1n) is 8.79. The molecular weight excluding hydrogens is 284 g/mol. The Morgan fingerprint density at radius 1 is 1.09 bits per heavy atom. The van der Waals surface area contributed by atoms with E-state index in [-0.39, 0.29) is 0 Å². The van der Waals surface area contributed by atoms with Gasteiger partial charge in [0.1, 0.15) is 5.82 Å². The van der Waals surface area contributed by atoms with Gasteiger partial charge in [0.25, 0.3) is 0 Å². The number of imidazole rings is 1. The van der Waals surface area contributed by atoms with Crippen LogP contribution in [0.3, 0.4) is 0 Å². The third-order valence-corrected chi connectivity index (χ3v) is 5.53. The molecule has 2 aliphatic rings. The smallest absolute Gasteiger partial charge is 0.122 e. The van der Waals surface area contributed by atoms with Crippen molar-refractivity contribution in [2.24, 2.45) is 7.05 Å². The van der Waals surface area contributed by atoms with E-state index < -0.39 is 0 Å². The molecule has 4 nitrogen and oxygen atoms in total. The van der Waals surface area contributed by atoms with Crippen molar-refractivity contribution in [2.75, 3.05) is 26.2 Å². The number of fused-ring (bicyclic) bond motifs is 1. The van der Waals surface area contributed by atoms with Gasteiger partial charge in [-0.15, -0.1) is 0 Å². The van der Waals surface area contributed by atoms with E-state index in [1.54, 1.807) is 11.1 Å². The topological polar surface area (TPSA) is 24.3 Å². The zero-order valence-electron chi connectivity index (χ0n) is 14.0. The lowest BCUT2D eigenvalue weighted by Gasteiger charge is -2.41. The van der Waals surface area contributed by atoms with E-state index >= 15 is 0 Å². The summed E-state index contributed by atoms with van der Waals surface area (Å²) in [7, 11) is 2.08. The monoisotopic (exact) mass is 310 g/mol. The Morgan fingerprint density at radius 3 is 2.61 bits per heavy atom. The van der Waals surface area contributed by atoms with Crippen LogP contribution in [0.2, 0.25) is 0 Å². The molecular formula is C19H26N4. The van der Waals surface area contributed by atoms with Crippen LogP contribution in [0.15, 0.2) is 36.7 Å². The summed E-state index contributed by atoms with van der Waals surface area (Å²) in [5.41, 5.74) is 3.14. The number of piperazine rings is 1. The van der Waals surface area contributed by atoms with Gasteiger partial charge in [0.05, 0.1) is 6.54 Å². The molecule has 4 rings (SSSR count). The highest BCUT2D eigenvalue weighted by molar-refractivity contribution is 5.30. The molecule has 1 aromatic carbocycles. The van der Waals surface area contributed by atoms with E-state index in [9.17, 15) is 0 Å². The lowest BCUT2D eigenvalue weighted by atomic mass is 9.87. The van der Waals surface area contributed by atoms with E-state index in [1.807, 2.05) is 12.4 Å². The summed E-state index contributed by atoms with van der Waals surface area (Å²) in [5, 5.41) is 0. The molecule has 0 radical (unpaired) electrons. The van der Waals surface area contributed by atoms with E-state index in [1.165, 1.54) is 38.2 Å². The predicted molar refractivity (Wildman–Crippen MR) is 92.3 cm³/mol. The Hall–Kier alpha value is -1.65. The summed E-state index contributed by atoms with van der Waals surface area (Å²) < 4.78 is 2.13. The van der Waals surface area contributed by atoms with Crippen molar-refractivity contribution in [1.29, 1.82) is 0 Å². The van der Waals surface area contributed by atoms with Gasteiger partial charge in [-0.1, -0.05) is 24.3 Å². The van der Waals surface area contributed by atoms with Crippen LogP contribution in [-0.2, 0) is 26.4 Å². The zero-order valence-corrected chi connectivity index (χ0v) is 14.0. The Labute approximate surface area is 138 Å². The minimum Gasteiger partial charge on any atom is -0.337 e. The number of hydrogen-bond donors (Lipinski definition) is 0. The van der Waals surface area contributed by atoms with Crippen molar-refractivity contribution in [1.82, 2.24) is 19.4 Å². The highest BCUT2D eigenvalue weighted by atomic mass is 15.3. The molecule has 4 heteroatoms. The first-order chi connectivity index (χ1) is 11.3. The van der Waals surface area contributed by atoms with Gasteiger partial charge in [-0.25, -0.2) is 4.98 Å². The second kappa shape index (κ2) is 6.46. The van der Waals surface area contributed by atoms with Crippen LogP contribution in [0.25, 0.3) is 0 Å². The fraction of sp³-hybridized carbons (Fsp3) is 0.526. The van der Waals surface area contributed by atoms with Gasteiger partial charge in [0.15, 0.2) is 0 Å². The number of benzene rings is 1. The molecule has 0 spiro atoms. The second-order valence-electron chi connectivity index (χ2n) is 6.93. The third kappa shape index (κ3) is 3.19. The normalized spacial score (nSPS) is 22.9. The fourth-order valence-electron chi connectivity index (χ4n) is 4.03. The highest BCUT2D eigenvalue weighted by Gasteiger charge is 2.27. The highest BCUT2D eigenvalue weighted by Crippen LogP contribution is 2.25. The van der Waals surface area contributed by atoms with E-state index in [0.717, 1.165) is 25.7 Å². The largest absolute Gasteiger partial charge is 0.337 e. The third-order valence-electron chi connectivity index (χ3n) is 5.53. The number of aromatic nitrogens is 2.